The van der Waals surface area contributed by atoms with Crippen molar-refractivity contribution in [3.8, 4) is 6.07 Å². The number of rotatable bonds is 9. The van der Waals surface area contributed by atoms with Gasteiger partial charge in [0, 0.05) is 17.1 Å². The summed E-state index contributed by atoms with van der Waals surface area (Å²) in [7, 11) is 3.16. The number of aryl methyl sites for hydroxylation is 6. The topological polar surface area (TPSA) is 240 Å². The fourth-order valence-corrected chi connectivity index (χ4v) is 5.93. The first-order valence-corrected chi connectivity index (χ1v) is 18.5. The molecule has 23 heteroatoms. The molecule has 0 atom stereocenters. The summed E-state index contributed by atoms with van der Waals surface area (Å²) >= 11 is 17.2. The van der Waals surface area contributed by atoms with Gasteiger partial charge in [0.05, 0.1) is 32.8 Å². The van der Waals surface area contributed by atoms with E-state index < -0.39 is 17.1 Å². The fraction of sp³-hybridized carbons (Fsp3) is 0.222. The zero-order valence-electron chi connectivity index (χ0n) is 30.9. The molecular weight excluding hydrogens is 831 g/mol. The molecular formula is C36H29Cl3N14O6. The van der Waals surface area contributed by atoms with Crippen LogP contribution in [0, 0.1) is 17.9 Å². The van der Waals surface area contributed by atoms with Crippen molar-refractivity contribution in [2.24, 2.45) is 14.1 Å². The number of nitrogens with one attached hydrogen (secondary N) is 1. The number of nitriles is 1. The van der Waals surface area contributed by atoms with Crippen LogP contribution in [0.4, 0.5) is 5.82 Å². The maximum absolute atomic E-state index is 12.7. The Hall–Kier alpha value is -7.13. The van der Waals surface area contributed by atoms with Gasteiger partial charge in [0.15, 0.2) is 16.7 Å². The van der Waals surface area contributed by atoms with Gasteiger partial charge in [-0.05, 0) is 53.3 Å². The number of alkyl halides is 1. The van der Waals surface area contributed by atoms with E-state index >= 15 is 0 Å². The Kier molecular flexibility index (Phi) is 13.0. The van der Waals surface area contributed by atoms with E-state index in [0.717, 1.165) is 11.1 Å². The Morgan fingerprint density at radius 2 is 1.34 bits per heavy atom. The minimum Gasteiger partial charge on any atom is -0.391 e. The summed E-state index contributed by atoms with van der Waals surface area (Å²) in [5, 5.41) is 25.9. The molecule has 0 radical (unpaired) electrons. The van der Waals surface area contributed by atoms with Gasteiger partial charge >= 0.3 is 17.3 Å². The van der Waals surface area contributed by atoms with Crippen molar-refractivity contribution in [3.63, 3.8) is 0 Å². The second kappa shape index (κ2) is 18.4. The van der Waals surface area contributed by atoms with E-state index in [0.29, 0.717) is 47.0 Å². The molecule has 6 heterocycles. The summed E-state index contributed by atoms with van der Waals surface area (Å²) in [4.78, 5) is 61.1. The molecule has 0 saturated carbocycles. The van der Waals surface area contributed by atoms with Crippen LogP contribution in [0.25, 0.3) is 26.9 Å². The lowest BCUT2D eigenvalue weighted by atomic mass is 10.1. The number of aromatic amines is 1. The number of aromatic nitrogens is 12. The van der Waals surface area contributed by atoms with Gasteiger partial charge < -0.3 is 18.7 Å². The Morgan fingerprint density at radius 1 is 0.780 bits per heavy atom. The molecule has 6 aromatic heterocycles. The molecule has 0 unspecified atom stereocenters. The van der Waals surface area contributed by atoms with Gasteiger partial charge in [-0.3, -0.25) is 18.8 Å². The number of benzene rings is 2. The lowest BCUT2D eigenvalue weighted by Gasteiger charge is -2.02. The zero-order valence-corrected chi connectivity index (χ0v) is 33.2. The maximum atomic E-state index is 12.7. The Balaban J connectivity index is 0.000000165. The van der Waals surface area contributed by atoms with Gasteiger partial charge in [0.25, 0.3) is 11.1 Å². The van der Waals surface area contributed by atoms with Crippen molar-refractivity contribution < 1.29 is 8.83 Å². The fourth-order valence-electron chi connectivity index (χ4n) is 5.57. The molecule has 0 fully saturated rings. The molecule has 300 valence electrons. The number of hydrogen-bond acceptors (Lipinski definition) is 13. The first-order valence-electron chi connectivity index (χ1n) is 17.2. The molecule has 0 spiro atoms. The minimum absolute atomic E-state index is 0.0600. The molecule has 0 aliphatic rings. The summed E-state index contributed by atoms with van der Waals surface area (Å²) in [6.07, 6.45) is 3.80. The monoisotopic (exact) mass is 858 g/mol. The number of halogens is 3. The van der Waals surface area contributed by atoms with Crippen LogP contribution in [0.2, 0.25) is 10.0 Å². The standard InChI is InChI=1S/C18H14ClN7O3.C11H10Cl2N2O2.C7H5N5O/c1-20-16-14-15(24(2)23-16)17(27)25(10-21-14)9-13-22-26(18(28)29-13)8-7-11-3-5-12(19)6-4-11;12-7-10-14-15(11(16)17-10)6-5-8-1-3-9(13)4-2-8;1-12-6-5(4(2-8)11-12)9-3-10-7(6)13/h3-6,10H,7-9H2,2H3;1-4H,5-7H2;3H,1H3,(H,9,10,13). The van der Waals surface area contributed by atoms with E-state index in [1.54, 1.807) is 26.2 Å². The van der Waals surface area contributed by atoms with Crippen LogP contribution in [0.15, 0.2) is 89.2 Å². The molecule has 0 bridgehead atoms. The normalized spacial score (nSPS) is 10.8. The third kappa shape index (κ3) is 9.71. The molecule has 0 saturated heterocycles. The summed E-state index contributed by atoms with van der Waals surface area (Å²) in [6.45, 7) is 7.83. The van der Waals surface area contributed by atoms with Gasteiger partial charge in [0.1, 0.15) is 29.5 Å². The van der Waals surface area contributed by atoms with E-state index in [-0.39, 0.29) is 52.3 Å². The predicted octanol–water partition coefficient (Wildman–Crippen LogP) is 3.77. The highest BCUT2D eigenvalue weighted by molar-refractivity contribution is 6.30. The molecule has 8 rings (SSSR count). The minimum atomic E-state index is -0.605. The summed E-state index contributed by atoms with van der Waals surface area (Å²) in [6, 6.07) is 16.6. The quantitative estimate of drug-likeness (QED) is 0.161. The molecule has 8 aromatic rings. The average Bonchev–Trinajstić information content (AvgIpc) is 3.98. The SMILES string of the molecule is Cn1nc(C#N)c2nc[nH]c(=O)c21.O=c1oc(CCl)nn1CCc1ccc(Cl)cc1.[C-]#[N+]c1nn(C)c2c(=O)n(Cc3nn(CCc4ccc(Cl)cc4)c(=O)o3)cnc12. The maximum Gasteiger partial charge on any atom is 0.437 e. The first kappa shape index (κ1) is 41.5. The third-order valence-corrected chi connectivity index (χ3v) is 9.13. The van der Waals surface area contributed by atoms with Crippen LogP contribution < -0.4 is 22.6 Å². The molecule has 0 aliphatic heterocycles. The van der Waals surface area contributed by atoms with Crippen LogP contribution in [0.3, 0.4) is 0 Å². The van der Waals surface area contributed by atoms with Crippen molar-refractivity contribution >= 4 is 62.7 Å². The molecule has 0 aliphatic carbocycles. The molecule has 2 aromatic carbocycles. The number of H-pyrrole nitrogens is 1. The highest BCUT2D eigenvalue weighted by Crippen LogP contribution is 2.19. The van der Waals surface area contributed by atoms with E-state index in [4.69, 9.17) is 55.5 Å². The number of fused-ring (bicyclic) bond motifs is 2. The number of hydrogen-bond donors (Lipinski definition) is 1. The Bertz CT molecular complexity index is 3090. The third-order valence-electron chi connectivity index (χ3n) is 8.40. The van der Waals surface area contributed by atoms with Crippen LogP contribution in [0.1, 0.15) is 28.6 Å². The smallest absolute Gasteiger partial charge is 0.391 e. The van der Waals surface area contributed by atoms with Gasteiger partial charge in [-0.25, -0.2) is 19.6 Å². The molecule has 20 nitrogen and oxygen atoms in total. The molecule has 1 N–H and O–H groups in total. The Labute approximate surface area is 345 Å². The van der Waals surface area contributed by atoms with Crippen LogP contribution in [-0.2, 0) is 52.5 Å². The van der Waals surface area contributed by atoms with Crippen LogP contribution in [-0.4, -0.2) is 58.6 Å². The van der Waals surface area contributed by atoms with Crippen molar-refractivity contribution in [2.45, 2.75) is 38.4 Å². The average molecular weight is 860 g/mol. The van der Waals surface area contributed by atoms with Gasteiger partial charge in [-0.1, -0.05) is 54.0 Å². The van der Waals surface area contributed by atoms with E-state index in [2.05, 4.69) is 40.2 Å². The molecule has 0 amide bonds. The molecule has 59 heavy (non-hydrogen) atoms. The Morgan fingerprint density at radius 3 is 1.88 bits per heavy atom. The lowest BCUT2D eigenvalue weighted by Crippen LogP contribution is -2.23. The van der Waals surface area contributed by atoms with E-state index in [1.807, 2.05) is 42.5 Å². The van der Waals surface area contributed by atoms with E-state index in [9.17, 15) is 19.2 Å². The summed E-state index contributed by atoms with van der Waals surface area (Å²) in [5.41, 5.74) is 2.65. The first-order chi connectivity index (χ1) is 28.4. The van der Waals surface area contributed by atoms with Gasteiger partial charge in [-0.2, -0.15) is 24.4 Å². The van der Waals surface area contributed by atoms with Gasteiger partial charge in [0.2, 0.25) is 11.8 Å². The van der Waals surface area contributed by atoms with Crippen molar-refractivity contribution in [1.82, 2.24) is 58.6 Å². The highest BCUT2D eigenvalue weighted by atomic mass is 35.5. The van der Waals surface area contributed by atoms with Crippen LogP contribution in [0.5, 0.6) is 0 Å². The van der Waals surface area contributed by atoms with Gasteiger partial charge in [-0.15, -0.1) is 21.8 Å². The lowest BCUT2D eigenvalue weighted by molar-refractivity contribution is 0.434. The number of nitrogens with zero attached hydrogens (tertiary/aromatic N) is 13. The largest absolute Gasteiger partial charge is 0.437 e. The van der Waals surface area contributed by atoms with Crippen LogP contribution >= 0.6 is 34.8 Å². The van der Waals surface area contributed by atoms with Crippen molar-refractivity contribution in [3.05, 3.63) is 153 Å². The van der Waals surface area contributed by atoms with Crippen molar-refractivity contribution in [1.29, 1.82) is 5.26 Å². The van der Waals surface area contributed by atoms with E-state index in [1.165, 1.54) is 35.9 Å². The zero-order chi connectivity index (χ0) is 42.2. The summed E-state index contributed by atoms with van der Waals surface area (Å²) in [5.74, 6) is -0.593. The highest BCUT2D eigenvalue weighted by Gasteiger charge is 2.18. The predicted molar refractivity (Wildman–Crippen MR) is 213 cm³/mol. The summed E-state index contributed by atoms with van der Waals surface area (Å²) < 4.78 is 16.4. The second-order valence-electron chi connectivity index (χ2n) is 12.3. The second-order valence-corrected chi connectivity index (χ2v) is 13.4. The van der Waals surface area contributed by atoms with Crippen molar-refractivity contribution in [2.75, 3.05) is 0 Å².